The van der Waals surface area contributed by atoms with Gasteiger partial charge in [0, 0.05) is 24.1 Å². The van der Waals surface area contributed by atoms with E-state index in [1.165, 1.54) is 0 Å². The molecule has 2 fully saturated rings. The number of amides is 2. The first-order valence-electron chi connectivity index (χ1n) is 10.4. The minimum Gasteiger partial charge on any atom is -0.481 e. The molecule has 0 spiro atoms. The van der Waals surface area contributed by atoms with Crippen LogP contribution in [0.25, 0.3) is 0 Å². The Kier molecular flexibility index (Phi) is 7.06. The first-order chi connectivity index (χ1) is 13.5. The van der Waals surface area contributed by atoms with Crippen LogP contribution in [0.2, 0.25) is 0 Å². The number of nitrogens with one attached hydrogen (secondary N) is 2. The molecule has 0 heterocycles. The van der Waals surface area contributed by atoms with Crippen LogP contribution in [0, 0.1) is 11.8 Å². The van der Waals surface area contributed by atoms with Crippen LogP contribution in [0.3, 0.4) is 0 Å². The van der Waals surface area contributed by atoms with E-state index in [0.717, 1.165) is 50.5 Å². The predicted octanol–water partition coefficient (Wildman–Crippen LogP) is 3.26. The number of hydrogen-bond donors (Lipinski definition) is 3. The molecule has 2 amide bonds. The van der Waals surface area contributed by atoms with Crippen molar-refractivity contribution in [1.29, 1.82) is 0 Å². The van der Waals surface area contributed by atoms with Crippen molar-refractivity contribution >= 4 is 17.8 Å². The number of hydrogen-bond acceptors (Lipinski definition) is 3. The zero-order valence-corrected chi connectivity index (χ0v) is 16.3. The van der Waals surface area contributed by atoms with Crippen molar-refractivity contribution in [1.82, 2.24) is 10.6 Å². The van der Waals surface area contributed by atoms with E-state index in [4.69, 9.17) is 0 Å². The Morgan fingerprint density at radius 2 is 1.54 bits per heavy atom. The van der Waals surface area contributed by atoms with Crippen molar-refractivity contribution in [3.05, 3.63) is 35.4 Å². The van der Waals surface area contributed by atoms with Crippen LogP contribution in [-0.4, -0.2) is 28.9 Å². The first kappa shape index (κ1) is 20.4. The molecule has 0 bridgehead atoms. The number of rotatable bonds is 6. The normalized spacial score (nSPS) is 23.0. The summed E-state index contributed by atoms with van der Waals surface area (Å²) < 4.78 is 0. The molecule has 1 aromatic carbocycles. The van der Waals surface area contributed by atoms with Crippen LogP contribution in [-0.2, 0) is 16.1 Å². The maximum absolute atomic E-state index is 12.6. The summed E-state index contributed by atoms with van der Waals surface area (Å²) in [6.45, 7) is 0.459. The summed E-state index contributed by atoms with van der Waals surface area (Å²) in [4.78, 5) is 36.2. The van der Waals surface area contributed by atoms with Crippen molar-refractivity contribution in [3.63, 3.8) is 0 Å². The molecular weight excluding hydrogens is 356 g/mol. The molecule has 6 heteroatoms. The van der Waals surface area contributed by atoms with Gasteiger partial charge in [-0.3, -0.25) is 14.4 Å². The summed E-state index contributed by atoms with van der Waals surface area (Å²) >= 11 is 0. The second-order valence-corrected chi connectivity index (χ2v) is 8.06. The molecule has 0 aliphatic heterocycles. The average Bonchev–Trinajstić information content (AvgIpc) is 3.13. The van der Waals surface area contributed by atoms with Crippen molar-refractivity contribution in [2.75, 3.05) is 0 Å². The SMILES string of the molecule is O=C(N[C@H]1CCCCC[C@H]1C(=O)O)c1ccc(CNC(=O)C2CCCC2)cc1. The molecular formula is C22H30N2O4. The van der Waals surface area contributed by atoms with Crippen molar-refractivity contribution in [2.24, 2.45) is 11.8 Å². The first-order valence-corrected chi connectivity index (χ1v) is 10.4. The van der Waals surface area contributed by atoms with E-state index in [1.54, 1.807) is 12.1 Å². The van der Waals surface area contributed by atoms with Gasteiger partial charge in [0.05, 0.1) is 5.92 Å². The Bertz CT molecular complexity index is 695. The molecule has 0 aromatic heterocycles. The quantitative estimate of drug-likeness (QED) is 0.654. The van der Waals surface area contributed by atoms with E-state index in [1.807, 2.05) is 12.1 Å². The molecule has 2 aliphatic rings. The molecule has 152 valence electrons. The van der Waals surface area contributed by atoms with Crippen LogP contribution in [0.1, 0.15) is 73.7 Å². The van der Waals surface area contributed by atoms with Gasteiger partial charge in [-0.05, 0) is 43.4 Å². The summed E-state index contributed by atoms with van der Waals surface area (Å²) in [6, 6.07) is 6.83. The third-order valence-electron chi connectivity index (χ3n) is 6.06. The lowest BCUT2D eigenvalue weighted by Gasteiger charge is -2.23. The zero-order valence-electron chi connectivity index (χ0n) is 16.3. The Hall–Kier alpha value is -2.37. The van der Waals surface area contributed by atoms with E-state index < -0.39 is 11.9 Å². The number of aliphatic carboxylic acids is 1. The highest BCUT2D eigenvalue weighted by atomic mass is 16.4. The molecule has 3 N–H and O–H groups in total. The van der Waals surface area contributed by atoms with E-state index in [2.05, 4.69) is 10.6 Å². The average molecular weight is 386 g/mol. The lowest BCUT2D eigenvalue weighted by Crippen LogP contribution is -2.42. The molecule has 3 rings (SSSR count). The molecule has 28 heavy (non-hydrogen) atoms. The standard InChI is InChI=1S/C22H30N2O4/c25-20(16-6-4-5-7-16)23-14-15-10-12-17(13-11-15)21(26)24-19-9-3-1-2-8-18(19)22(27)28/h10-13,16,18-19H,1-9,14H2,(H,23,25)(H,24,26)(H,27,28)/t18-,19+/m1/s1. The second-order valence-electron chi connectivity index (χ2n) is 8.06. The molecule has 2 aliphatic carbocycles. The molecule has 1 aromatic rings. The van der Waals surface area contributed by atoms with Crippen molar-refractivity contribution in [2.45, 2.75) is 70.4 Å². The summed E-state index contributed by atoms with van der Waals surface area (Å²) in [5, 5.41) is 15.3. The number of carboxylic acid groups (broad SMARTS) is 1. The number of carbonyl (C=O) groups is 3. The van der Waals surface area contributed by atoms with Crippen molar-refractivity contribution in [3.8, 4) is 0 Å². The summed E-state index contributed by atoms with van der Waals surface area (Å²) in [6.07, 6.45) is 8.37. The predicted molar refractivity (Wildman–Crippen MR) is 106 cm³/mol. The maximum atomic E-state index is 12.6. The molecule has 0 unspecified atom stereocenters. The Balaban J connectivity index is 1.54. The van der Waals surface area contributed by atoms with Gasteiger partial charge < -0.3 is 15.7 Å². The van der Waals surface area contributed by atoms with Gasteiger partial charge in [-0.2, -0.15) is 0 Å². The summed E-state index contributed by atoms with van der Waals surface area (Å²) in [7, 11) is 0. The largest absolute Gasteiger partial charge is 0.481 e. The third kappa shape index (κ3) is 5.33. The summed E-state index contributed by atoms with van der Waals surface area (Å²) in [5.41, 5.74) is 1.46. The molecule has 0 saturated heterocycles. The fourth-order valence-corrected chi connectivity index (χ4v) is 4.32. The van der Waals surface area contributed by atoms with E-state index in [9.17, 15) is 19.5 Å². The highest BCUT2D eigenvalue weighted by Gasteiger charge is 2.30. The molecule has 2 saturated carbocycles. The monoisotopic (exact) mass is 386 g/mol. The van der Waals surface area contributed by atoms with Gasteiger partial charge >= 0.3 is 5.97 Å². The van der Waals surface area contributed by atoms with Crippen LogP contribution < -0.4 is 10.6 Å². The van der Waals surface area contributed by atoms with Crippen molar-refractivity contribution < 1.29 is 19.5 Å². The lowest BCUT2D eigenvalue weighted by atomic mass is 9.94. The van der Waals surface area contributed by atoms with Gasteiger partial charge in [-0.1, -0.05) is 44.2 Å². The Morgan fingerprint density at radius 1 is 0.893 bits per heavy atom. The minimum atomic E-state index is -0.833. The van der Waals surface area contributed by atoms with E-state index in [-0.39, 0.29) is 23.8 Å². The van der Waals surface area contributed by atoms with Gasteiger partial charge in [-0.15, -0.1) is 0 Å². The summed E-state index contributed by atoms with van der Waals surface area (Å²) in [5.74, 6) is -1.32. The fraction of sp³-hybridized carbons (Fsp3) is 0.591. The van der Waals surface area contributed by atoms with E-state index in [0.29, 0.717) is 24.9 Å². The van der Waals surface area contributed by atoms with Gasteiger partial charge in [0.1, 0.15) is 0 Å². The topological polar surface area (TPSA) is 95.5 Å². The highest BCUT2D eigenvalue weighted by Crippen LogP contribution is 2.25. The van der Waals surface area contributed by atoms with Gasteiger partial charge in [0.15, 0.2) is 0 Å². The van der Waals surface area contributed by atoms with Gasteiger partial charge in [0.25, 0.3) is 5.91 Å². The Morgan fingerprint density at radius 3 is 2.21 bits per heavy atom. The van der Waals surface area contributed by atoms with Gasteiger partial charge in [0.2, 0.25) is 5.91 Å². The second kappa shape index (κ2) is 9.71. The van der Waals surface area contributed by atoms with Crippen LogP contribution >= 0.6 is 0 Å². The zero-order chi connectivity index (χ0) is 19.9. The fourth-order valence-electron chi connectivity index (χ4n) is 4.32. The van der Waals surface area contributed by atoms with E-state index >= 15 is 0 Å². The number of benzene rings is 1. The molecule has 2 atom stereocenters. The van der Waals surface area contributed by atoms with Crippen LogP contribution in [0.15, 0.2) is 24.3 Å². The number of carboxylic acids is 1. The third-order valence-corrected chi connectivity index (χ3v) is 6.06. The minimum absolute atomic E-state index is 0.118. The number of carbonyl (C=O) groups excluding carboxylic acids is 2. The smallest absolute Gasteiger partial charge is 0.308 e. The highest BCUT2D eigenvalue weighted by molar-refractivity contribution is 5.94. The molecule has 0 radical (unpaired) electrons. The maximum Gasteiger partial charge on any atom is 0.308 e. The van der Waals surface area contributed by atoms with Gasteiger partial charge in [-0.25, -0.2) is 0 Å². The molecule has 6 nitrogen and oxygen atoms in total. The van der Waals surface area contributed by atoms with Crippen LogP contribution in [0.4, 0.5) is 0 Å². The lowest BCUT2D eigenvalue weighted by molar-refractivity contribution is -0.142. The van der Waals surface area contributed by atoms with Crippen LogP contribution in [0.5, 0.6) is 0 Å². The Labute approximate surface area is 166 Å².